The molecule has 3 aromatic rings. The third-order valence-electron chi connectivity index (χ3n) is 4.73. The number of nitrogens with zero attached hydrogens (tertiary/aromatic N) is 2. The maximum Gasteiger partial charge on any atom is 0.263 e. The van der Waals surface area contributed by atoms with Crippen molar-refractivity contribution in [1.82, 2.24) is 4.98 Å². The zero-order valence-electron chi connectivity index (χ0n) is 16.4. The summed E-state index contributed by atoms with van der Waals surface area (Å²) in [6.45, 7) is 5.07. The van der Waals surface area contributed by atoms with Crippen LogP contribution in [0.5, 0.6) is 0 Å². The number of sulfonamides is 2. The number of amides is 1. The smallest absolute Gasteiger partial charge is 0.263 e. The fourth-order valence-electron chi connectivity index (χ4n) is 3.27. The van der Waals surface area contributed by atoms with Gasteiger partial charge in [0.1, 0.15) is 0 Å². The van der Waals surface area contributed by atoms with Gasteiger partial charge in [-0.05, 0) is 62.7 Å². The molecule has 0 unspecified atom stereocenters. The van der Waals surface area contributed by atoms with E-state index in [1.165, 1.54) is 35.6 Å². The summed E-state index contributed by atoms with van der Waals surface area (Å²) in [6.07, 6.45) is 0. The first-order valence-electron chi connectivity index (χ1n) is 8.97. The van der Waals surface area contributed by atoms with E-state index in [9.17, 15) is 21.6 Å². The van der Waals surface area contributed by atoms with Crippen molar-refractivity contribution >= 4 is 58.3 Å². The lowest BCUT2D eigenvalue weighted by atomic mass is 9.95. The summed E-state index contributed by atoms with van der Waals surface area (Å²) in [7, 11) is -7.73. The van der Waals surface area contributed by atoms with Crippen LogP contribution in [-0.4, -0.2) is 33.5 Å². The largest absolute Gasteiger partial charge is 0.273 e. The number of rotatable bonds is 4. The lowest BCUT2D eigenvalue weighted by molar-refractivity contribution is -0.123. The number of hydrogen-bond acceptors (Lipinski definition) is 7. The van der Waals surface area contributed by atoms with Crippen LogP contribution in [0.4, 0.5) is 10.8 Å². The van der Waals surface area contributed by atoms with Crippen molar-refractivity contribution in [2.75, 3.05) is 14.8 Å². The van der Waals surface area contributed by atoms with Crippen LogP contribution in [0.3, 0.4) is 0 Å². The Balaban J connectivity index is 1.62. The third-order valence-corrected chi connectivity index (χ3v) is 9.17. The Labute approximate surface area is 178 Å². The second kappa shape index (κ2) is 6.76. The van der Waals surface area contributed by atoms with Crippen LogP contribution in [0.1, 0.15) is 19.4 Å². The maximum atomic E-state index is 12.7. The Kier molecular flexibility index (Phi) is 4.68. The maximum absolute atomic E-state index is 12.7. The molecule has 0 aliphatic carbocycles. The van der Waals surface area contributed by atoms with Gasteiger partial charge in [0.05, 0.1) is 32.0 Å². The second-order valence-corrected chi connectivity index (χ2v) is 12.3. The molecule has 2 aromatic carbocycles. The lowest BCUT2D eigenvalue weighted by Crippen LogP contribution is -2.32. The minimum Gasteiger partial charge on any atom is -0.273 e. The molecule has 1 N–H and O–H groups in total. The van der Waals surface area contributed by atoms with Gasteiger partial charge in [0.2, 0.25) is 15.9 Å². The van der Waals surface area contributed by atoms with Gasteiger partial charge in [0.25, 0.3) is 10.0 Å². The van der Waals surface area contributed by atoms with Crippen molar-refractivity contribution in [3.63, 3.8) is 0 Å². The minimum absolute atomic E-state index is 0.0648. The monoisotopic (exact) mass is 465 g/mol. The fourth-order valence-corrected chi connectivity index (χ4v) is 7.58. The van der Waals surface area contributed by atoms with Gasteiger partial charge in [-0.1, -0.05) is 17.4 Å². The molecule has 0 atom stereocenters. The normalized spacial score (nSPS) is 18.1. The summed E-state index contributed by atoms with van der Waals surface area (Å²) >= 11 is 1.22. The number of fused-ring (bicyclic) bond motifs is 1. The van der Waals surface area contributed by atoms with Gasteiger partial charge in [0.15, 0.2) is 5.13 Å². The molecule has 1 saturated heterocycles. The highest BCUT2D eigenvalue weighted by molar-refractivity contribution is 7.94. The number of hydrogen-bond donors (Lipinski definition) is 1. The number of carbonyl (C=O) groups is 1. The summed E-state index contributed by atoms with van der Waals surface area (Å²) in [6, 6.07) is 10.8. The zero-order chi connectivity index (χ0) is 21.9. The zero-order valence-corrected chi connectivity index (χ0v) is 18.9. The molecule has 30 heavy (non-hydrogen) atoms. The van der Waals surface area contributed by atoms with Crippen LogP contribution in [0, 0.1) is 12.3 Å². The standard InChI is InChI=1S/C19H19N3O5S3/c1-12-4-9-15-16(10-12)28-18(20-15)21-30(26,27)14-7-5-13(6-8-14)22-17(23)19(2,3)11-29(22,24)25/h4-10H,11H2,1-3H3,(H,20,21). The summed E-state index contributed by atoms with van der Waals surface area (Å²) in [5.41, 5.74) is 0.820. The van der Waals surface area contributed by atoms with Crippen LogP contribution in [0.25, 0.3) is 10.2 Å². The molecule has 0 spiro atoms. The number of carbonyl (C=O) groups excluding carboxylic acids is 1. The van der Waals surface area contributed by atoms with Crippen molar-refractivity contribution < 1.29 is 21.6 Å². The van der Waals surface area contributed by atoms with E-state index in [1.807, 2.05) is 25.1 Å². The van der Waals surface area contributed by atoms with E-state index in [4.69, 9.17) is 0 Å². The van der Waals surface area contributed by atoms with E-state index in [0.717, 1.165) is 14.6 Å². The van der Waals surface area contributed by atoms with Crippen LogP contribution in [-0.2, 0) is 24.8 Å². The number of anilines is 2. The molecule has 4 rings (SSSR count). The minimum atomic E-state index is -3.93. The van der Waals surface area contributed by atoms with Gasteiger partial charge in [-0.25, -0.2) is 26.1 Å². The Morgan fingerprint density at radius 3 is 2.40 bits per heavy atom. The molecule has 1 aromatic heterocycles. The number of aromatic nitrogens is 1. The summed E-state index contributed by atoms with van der Waals surface area (Å²) in [5.74, 6) is -0.835. The highest BCUT2D eigenvalue weighted by Crippen LogP contribution is 2.36. The second-order valence-electron chi connectivity index (χ2n) is 7.80. The topological polar surface area (TPSA) is 114 Å². The van der Waals surface area contributed by atoms with Gasteiger partial charge < -0.3 is 0 Å². The van der Waals surface area contributed by atoms with E-state index >= 15 is 0 Å². The molecular formula is C19H19N3O5S3. The molecule has 11 heteroatoms. The van der Waals surface area contributed by atoms with Gasteiger partial charge in [0, 0.05) is 0 Å². The fraction of sp³-hybridized carbons (Fsp3) is 0.263. The lowest BCUT2D eigenvalue weighted by Gasteiger charge is -2.17. The number of nitrogens with one attached hydrogen (secondary N) is 1. The molecule has 0 saturated carbocycles. The summed E-state index contributed by atoms with van der Waals surface area (Å²) in [4.78, 5) is 16.7. The molecule has 0 bridgehead atoms. The summed E-state index contributed by atoms with van der Waals surface area (Å²) < 4.78 is 54.3. The average Bonchev–Trinajstić information content (AvgIpc) is 3.08. The molecule has 1 amide bonds. The van der Waals surface area contributed by atoms with Crippen molar-refractivity contribution in [3.8, 4) is 0 Å². The molecule has 0 radical (unpaired) electrons. The SMILES string of the molecule is Cc1ccc2nc(NS(=O)(=O)c3ccc(N4C(=O)C(C)(C)CS4(=O)=O)cc3)sc2c1. The molecule has 1 aliphatic heterocycles. The Bertz CT molecular complexity index is 1370. The first-order chi connectivity index (χ1) is 13.9. The van der Waals surface area contributed by atoms with E-state index in [0.29, 0.717) is 5.52 Å². The third kappa shape index (κ3) is 3.57. The molecule has 158 valence electrons. The van der Waals surface area contributed by atoms with Crippen molar-refractivity contribution in [1.29, 1.82) is 0 Å². The Morgan fingerprint density at radius 2 is 1.80 bits per heavy atom. The first kappa shape index (κ1) is 20.8. The van der Waals surface area contributed by atoms with Crippen LogP contribution in [0.2, 0.25) is 0 Å². The van der Waals surface area contributed by atoms with Crippen LogP contribution >= 0.6 is 11.3 Å². The number of benzene rings is 2. The quantitative estimate of drug-likeness (QED) is 0.633. The highest BCUT2D eigenvalue weighted by atomic mass is 32.2. The highest BCUT2D eigenvalue weighted by Gasteiger charge is 2.49. The van der Waals surface area contributed by atoms with E-state index in [1.54, 1.807) is 13.8 Å². The van der Waals surface area contributed by atoms with E-state index in [-0.39, 0.29) is 21.5 Å². The molecule has 8 nitrogen and oxygen atoms in total. The Morgan fingerprint density at radius 1 is 1.13 bits per heavy atom. The van der Waals surface area contributed by atoms with Crippen molar-refractivity contribution in [2.24, 2.45) is 5.41 Å². The van der Waals surface area contributed by atoms with Gasteiger partial charge in [-0.15, -0.1) is 0 Å². The first-order valence-corrected chi connectivity index (χ1v) is 12.9. The summed E-state index contributed by atoms with van der Waals surface area (Å²) in [5, 5.41) is 0.235. The number of thiazole rings is 1. The van der Waals surface area contributed by atoms with Gasteiger partial charge in [-0.3, -0.25) is 9.52 Å². The van der Waals surface area contributed by atoms with E-state index in [2.05, 4.69) is 9.71 Å². The average molecular weight is 466 g/mol. The van der Waals surface area contributed by atoms with Crippen LogP contribution in [0.15, 0.2) is 47.4 Å². The molecule has 1 fully saturated rings. The molecule has 1 aliphatic rings. The van der Waals surface area contributed by atoms with Gasteiger partial charge in [-0.2, -0.15) is 0 Å². The Hall–Kier alpha value is -2.50. The van der Waals surface area contributed by atoms with Crippen molar-refractivity contribution in [3.05, 3.63) is 48.0 Å². The molecule has 2 heterocycles. The van der Waals surface area contributed by atoms with Gasteiger partial charge >= 0.3 is 0 Å². The van der Waals surface area contributed by atoms with Crippen molar-refractivity contribution in [2.45, 2.75) is 25.7 Å². The van der Waals surface area contributed by atoms with Crippen LogP contribution < -0.4 is 9.03 Å². The molecular weight excluding hydrogens is 446 g/mol. The predicted molar refractivity (Wildman–Crippen MR) is 117 cm³/mol. The van der Waals surface area contributed by atoms with E-state index < -0.39 is 31.4 Å². The predicted octanol–water partition coefficient (Wildman–Crippen LogP) is 3.11. The number of aryl methyl sites for hydroxylation is 1.